The zero-order chi connectivity index (χ0) is 23.0. The van der Waals surface area contributed by atoms with Crippen LogP contribution in [0.15, 0.2) is 84.4 Å². The van der Waals surface area contributed by atoms with Gasteiger partial charge in [-0.25, -0.2) is 0 Å². The number of carbonyl (C=O) groups is 2. The molecule has 3 aromatic rings. The molecule has 1 fully saturated rings. The number of nitrogens with zero attached hydrogens (tertiary/aromatic N) is 1. The summed E-state index contributed by atoms with van der Waals surface area (Å²) >= 11 is 0. The molecule has 0 spiro atoms. The predicted molar refractivity (Wildman–Crippen MR) is 114 cm³/mol. The van der Waals surface area contributed by atoms with Gasteiger partial charge in [0.1, 0.15) is 5.76 Å². The first-order valence-corrected chi connectivity index (χ1v) is 9.79. The topological polar surface area (TPSA) is 57.6 Å². The van der Waals surface area contributed by atoms with E-state index < -0.39 is 29.5 Å². The molecule has 1 aliphatic rings. The number of benzene rings is 3. The van der Waals surface area contributed by atoms with E-state index in [9.17, 15) is 27.9 Å². The third-order valence-electron chi connectivity index (χ3n) is 5.45. The Bertz CT molecular complexity index is 1220. The van der Waals surface area contributed by atoms with Gasteiger partial charge >= 0.3 is 6.18 Å². The number of hydrogen-bond acceptors (Lipinski definition) is 3. The summed E-state index contributed by atoms with van der Waals surface area (Å²) < 4.78 is 39.0. The average molecular weight is 437 g/mol. The predicted octanol–water partition coefficient (Wildman–Crippen LogP) is 5.64. The van der Waals surface area contributed by atoms with Crippen LogP contribution in [0.2, 0.25) is 0 Å². The van der Waals surface area contributed by atoms with Crippen molar-refractivity contribution in [3.05, 3.63) is 107 Å². The van der Waals surface area contributed by atoms with Crippen LogP contribution in [0, 0.1) is 6.92 Å². The highest BCUT2D eigenvalue weighted by Crippen LogP contribution is 2.43. The van der Waals surface area contributed by atoms with Gasteiger partial charge in [0.25, 0.3) is 11.7 Å². The summed E-state index contributed by atoms with van der Waals surface area (Å²) in [6.07, 6.45) is -4.53. The van der Waals surface area contributed by atoms with Crippen LogP contribution in [-0.4, -0.2) is 16.8 Å². The van der Waals surface area contributed by atoms with Crippen molar-refractivity contribution < 1.29 is 27.9 Å². The molecule has 3 aromatic carbocycles. The van der Waals surface area contributed by atoms with Gasteiger partial charge in [0.05, 0.1) is 17.2 Å². The summed E-state index contributed by atoms with van der Waals surface area (Å²) in [5.41, 5.74) is 0.848. The van der Waals surface area contributed by atoms with E-state index in [-0.39, 0.29) is 17.0 Å². The summed E-state index contributed by atoms with van der Waals surface area (Å²) in [5, 5.41) is 11.0. The van der Waals surface area contributed by atoms with E-state index in [0.29, 0.717) is 11.1 Å². The number of carbonyl (C=O) groups excluding carboxylic acids is 2. The number of anilines is 1. The van der Waals surface area contributed by atoms with E-state index in [1.807, 2.05) is 0 Å². The molecule has 32 heavy (non-hydrogen) atoms. The van der Waals surface area contributed by atoms with Gasteiger partial charge in [-0.3, -0.25) is 14.5 Å². The Morgan fingerprint density at radius 1 is 0.875 bits per heavy atom. The molecule has 1 saturated heterocycles. The Morgan fingerprint density at radius 2 is 1.47 bits per heavy atom. The number of aliphatic hydroxyl groups excluding tert-OH is 1. The number of halogens is 3. The van der Waals surface area contributed by atoms with Crippen LogP contribution in [0.5, 0.6) is 0 Å². The molecule has 0 radical (unpaired) electrons. The fourth-order valence-corrected chi connectivity index (χ4v) is 3.85. The number of aryl methyl sites for hydroxylation is 1. The van der Waals surface area contributed by atoms with Gasteiger partial charge in [0.15, 0.2) is 0 Å². The van der Waals surface area contributed by atoms with E-state index in [1.54, 1.807) is 61.5 Å². The van der Waals surface area contributed by atoms with Crippen LogP contribution in [-0.2, 0) is 15.8 Å². The summed E-state index contributed by atoms with van der Waals surface area (Å²) in [5.74, 6) is -2.17. The van der Waals surface area contributed by atoms with Gasteiger partial charge in [-0.1, -0.05) is 54.6 Å². The molecule has 0 bridgehead atoms. The fourth-order valence-electron chi connectivity index (χ4n) is 3.85. The maximum Gasteiger partial charge on any atom is 0.416 e. The first kappa shape index (κ1) is 21.4. The van der Waals surface area contributed by atoms with E-state index in [2.05, 4.69) is 0 Å². The zero-order valence-electron chi connectivity index (χ0n) is 16.9. The number of alkyl halides is 3. The number of rotatable bonds is 3. The highest BCUT2D eigenvalue weighted by atomic mass is 19.4. The molecule has 4 rings (SSSR count). The molecule has 0 aromatic heterocycles. The maximum absolute atomic E-state index is 13.0. The number of amides is 1. The van der Waals surface area contributed by atoms with E-state index >= 15 is 0 Å². The minimum atomic E-state index is -4.53. The summed E-state index contributed by atoms with van der Waals surface area (Å²) in [6, 6.07) is 18.4. The number of ketones is 1. The van der Waals surface area contributed by atoms with Gasteiger partial charge < -0.3 is 5.11 Å². The minimum absolute atomic E-state index is 0.115. The lowest BCUT2D eigenvalue weighted by molar-refractivity contribution is -0.137. The lowest BCUT2D eigenvalue weighted by atomic mass is 9.92. The van der Waals surface area contributed by atoms with Gasteiger partial charge in [-0.2, -0.15) is 13.2 Å². The van der Waals surface area contributed by atoms with Crippen LogP contribution < -0.4 is 4.90 Å². The van der Waals surface area contributed by atoms with Crippen molar-refractivity contribution in [2.45, 2.75) is 19.1 Å². The van der Waals surface area contributed by atoms with Crippen LogP contribution in [0.3, 0.4) is 0 Å². The number of hydrogen-bond donors (Lipinski definition) is 1. The average Bonchev–Trinajstić information content (AvgIpc) is 3.04. The highest BCUT2D eigenvalue weighted by Gasteiger charge is 2.47. The quantitative estimate of drug-likeness (QED) is 0.328. The molecule has 4 nitrogen and oxygen atoms in total. The Morgan fingerprint density at radius 3 is 2.06 bits per heavy atom. The molecular formula is C25H18F3NO3. The third kappa shape index (κ3) is 3.66. The first-order chi connectivity index (χ1) is 15.2. The van der Waals surface area contributed by atoms with E-state index in [0.717, 1.165) is 34.7 Å². The largest absolute Gasteiger partial charge is 0.507 e. The van der Waals surface area contributed by atoms with Gasteiger partial charge in [0, 0.05) is 11.3 Å². The second-order valence-electron chi connectivity index (χ2n) is 7.44. The third-order valence-corrected chi connectivity index (χ3v) is 5.45. The summed E-state index contributed by atoms with van der Waals surface area (Å²) in [6.45, 7) is 1.80. The molecule has 1 unspecified atom stereocenters. The molecule has 1 N–H and O–H groups in total. The Labute approximate surface area is 182 Å². The molecule has 1 aliphatic heterocycles. The lowest BCUT2D eigenvalue weighted by Crippen LogP contribution is -2.29. The lowest BCUT2D eigenvalue weighted by Gasteiger charge is -2.27. The first-order valence-electron chi connectivity index (χ1n) is 9.79. The van der Waals surface area contributed by atoms with Crippen molar-refractivity contribution >= 4 is 23.1 Å². The standard InChI is InChI=1S/C25H18F3NO3/c1-15-7-5-6-10-19(15)21-20(22(30)16-8-3-2-4-9-16)23(31)24(32)29(21)18-13-11-17(12-14-18)25(26,27)28/h2-14,21,30H,1H3/b22-20+. The molecule has 1 amide bonds. The van der Waals surface area contributed by atoms with Crippen LogP contribution >= 0.6 is 0 Å². The van der Waals surface area contributed by atoms with Crippen molar-refractivity contribution in [2.24, 2.45) is 0 Å². The van der Waals surface area contributed by atoms with Crippen LogP contribution in [0.25, 0.3) is 5.76 Å². The summed E-state index contributed by atoms with van der Waals surface area (Å²) in [4.78, 5) is 27.2. The highest BCUT2D eigenvalue weighted by molar-refractivity contribution is 6.51. The zero-order valence-corrected chi connectivity index (χ0v) is 16.9. The summed E-state index contributed by atoms with van der Waals surface area (Å²) in [7, 11) is 0. The Kier molecular flexibility index (Phi) is 5.34. The molecule has 0 saturated carbocycles. The van der Waals surface area contributed by atoms with Crippen molar-refractivity contribution in [1.82, 2.24) is 0 Å². The second kappa shape index (κ2) is 8.00. The molecule has 162 valence electrons. The van der Waals surface area contributed by atoms with Gasteiger partial charge in [-0.05, 0) is 42.3 Å². The van der Waals surface area contributed by atoms with E-state index in [1.165, 1.54) is 0 Å². The molecule has 0 aliphatic carbocycles. The normalized spacial score (nSPS) is 18.2. The SMILES string of the molecule is Cc1ccccc1C1/C(=C(\O)c2ccccc2)C(=O)C(=O)N1c1ccc(C(F)(F)F)cc1. The smallest absolute Gasteiger partial charge is 0.416 e. The Balaban J connectivity index is 1.92. The second-order valence-corrected chi connectivity index (χ2v) is 7.44. The van der Waals surface area contributed by atoms with Crippen LogP contribution in [0.1, 0.15) is 28.3 Å². The fraction of sp³-hybridized carbons (Fsp3) is 0.120. The van der Waals surface area contributed by atoms with E-state index in [4.69, 9.17) is 0 Å². The minimum Gasteiger partial charge on any atom is -0.507 e. The van der Waals surface area contributed by atoms with Crippen molar-refractivity contribution in [2.75, 3.05) is 4.90 Å². The van der Waals surface area contributed by atoms with Crippen molar-refractivity contribution in [3.63, 3.8) is 0 Å². The maximum atomic E-state index is 13.0. The molecule has 1 heterocycles. The van der Waals surface area contributed by atoms with Gasteiger partial charge in [0.2, 0.25) is 0 Å². The molecule has 7 heteroatoms. The molecular weight excluding hydrogens is 419 g/mol. The molecule has 1 atom stereocenters. The van der Waals surface area contributed by atoms with Gasteiger partial charge in [-0.15, -0.1) is 0 Å². The van der Waals surface area contributed by atoms with Crippen molar-refractivity contribution in [1.29, 1.82) is 0 Å². The van der Waals surface area contributed by atoms with Crippen LogP contribution in [0.4, 0.5) is 18.9 Å². The Hall–Kier alpha value is -3.87. The number of aliphatic hydroxyl groups is 1. The monoisotopic (exact) mass is 437 g/mol. The van der Waals surface area contributed by atoms with Crippen molar-refractivity contribution in [3.8, 4) is 0 Å². The number of Topliss-reactive ketones (excluding diaryl/α,β-unsaturated/α-hetero) is 1.